The van der Waals surface area contributed by atoms with E-state index in [2.05, 4.69) is 60.8 Å². The molecule has 240 valence electrons. The normalized spacial score (nSPS) is 23.6. The molecule has 14 heteroatoms. The molecule has 0 atom stereocenters. The van der Waals surface area contributed by atoms with Crippen LogP contribution >= 0.6 is 0 Å². The first kappa shape index (κ1) is 34.9. The molecule has 8 rings (SSSR count). The molecular formula is C28H48N12Pd2. The third kappa shape index (κ3) is 10.8. The number of guanidine groups is 4. The summed E-state index contributed by atoms with van der Waals surface area (Å²) in [5.41, 5.74) is 0. The van der Waals surface area contributed by atoms with Crippen LogP contribution < -0.4 is 0 Å². The average Bonchev–Trinajstić information content (AvgIpc) is 3.06. The van der Waals surface area contributed by atoms with Crippen molar-refractivity contribution in [1.82, 2.24) is 19.6 Å². The summed E-state index contributed by atoms with van der Waals surface area (Å²) in [5.74, 6) is 4.05. The number of fused-ring (bicyclic) bond motifs is 4. The Bertz CT molecular complexity index is 767. The van der Waals surface area contributed by atoms with E-state index in [1.54, 1.807) is 0 Å². The van der Waals surface area contributed by atoms with E-state index in [1.165, 1.54) is 104 Å². The van der Waals surface area contributed by atoms with E-state index >= 15 is 0 Å². The summed E-state index contributed by atoms with van der Waals surface area (Å²) in [5, 5.41) is 17.3. The summed E-state index contributed by atoms with van der Waals surface area (Å²) in [7, 11) is 0. The molecule has 0 aromatic rings. The molecule has 0 aromatic heterocycles. The second kappa shape index (κ2) is 19.6. The van der Waals surface area contributed by atoms with Gasteiger partial charge in [-0.3, -0.25) is 0 Å². The van der Waals surface area contributed by atoms with Gasteiger partial charge in [0.25, 0.3) is 0 Å². The fourth-order valence-electron chi connectivity index (χ4n) is 5.77. The largest absolute Gasteiger partial charge is 2.00 e. The van der Waals surface area contributed by atoms with E-state index < -0.39 is 0 Å². The molecule has 4 fully saturated rings. The number of hydrogen-bond acceptors (Lipinski definition) is 8. The van der Waals surface area contributed by atoms with Gasteiger partial charge in [0.2, 0.25) is 0 Å². The van der Waals surface area contributed by atoms with Gasteiger partial charge in [-0.05, 0) is 156 Å². The minimum atomic E-state index is 0. The van der Waals surface area contributed by atoms with Crippen LogP contribution in [0.5, 0.6) is 0 Å². The number of aliphatic imine (C=N–C) groups is 4. The summed E-state index contributed by atoms with van der Waals surface area (Å²) in [6.45, 7) is 17.2. The molecule has 4 saturated heterocycles. The van der Waals surface area contributed by atoms with Gasteiger partial charge in [-0.25, -0.2) is 0 Å². The Kier molecular flexibility index (Phi) is 16.3. The molecule has 12 nitrogen and oxygen atoms in total. The van der Waals surface area contributed by atoms with Crippen LogP contribution in [0.25, 0.3) is 21.3 Å². The standard InChI is InChI=1S/4C7H12N3.2Pd/c4*1-3-8-7-9-4-2-6-10(7)5-1;;/h4*1-6H2;;/q4*-1;2*+2. The Balaban J connectivity index is 0.000000151. The summed E-state index contributed by atoms with van der Waals surface area (Å²) in [6, 6.07) is 0. The van der Waals surface area contributed by atoms with E-state index in [-0.39, 0.29) is 40.8 Å². The Hall–Kier alpha value is -1.60. The molecule has 0 unspecified atom stereocenters. The van der Waals surface area contributed by atoms with E-state index in [0.29, 0.717) is 0 Å². The van der Waals surface area contributed by atoms with Crippen molar-refractivity contribution < 1.29 is 40.8 Å². The maximum absolute atomic E-state index is 4.33. The zero-order chi connectivity index (χ0) is 27.2. The van der Waals surface area contributed by atoms with Gasteiger partial charge in [0, 0.05) is 23.8 Å². The van der Waals surface area contributed by atoms with Gasteiger partial charge in [0.15, 0.2) is 0 Å². The number of hydrogen-bond donors (Lipinski definition) is 0. The second-order valence-corrected chi connectivity index (χ2v) is 11.0. The van der Waals surface area contributed by atoms with Crippen molar-refractivity contribution in [3.8, 4) is 0 Å². The molecular weight excluding hydrogens is 717 g/mol. The van der Waals surface area contributed by atoms with Crippen LogP contribution in [0, 0.1) is 0 Å². The first-order valence-corrected chi connectivity index (χ1v) is 15.7. The van der Waals surface area contributed by atoms with Crippen molar-refractivity contribution in [3.63, 3.8) is 0 Å². The van der Waals surface area contributed by atoms with Crippen LogP contribution in [0.1, 0.15) is 51.4 Å². The maximum atomic E-state index is 4.33. The van der Waals surface area contributed by atoms with Crippen molar-refractivity contribution >= 4 is 23.8 Å². The Labute approximate surface area is 280 Å². The fourth-order valence-corrected chi connectivity index (χ4v) is 5.77. The molecule has 42 heavy (non-hydrogen) atoms. The number of nitrogens with zero attached hydrogens (tertiary/aromatic N) is 12. The minimum Gasteiger partial charge on any atom is -0.426 e. The van der Waals surface area contributed by atoms with Gasteiger partial charge in [0.1, 0.15) is 0 Å². The molecule has 0 radical (unpaired) electrons. The fraction of sp³-hybridized carbons (Fsp3) is 0.857. The third-order valence-corrected chi connectivity index (χ3v) is 7.85. The van der Waals surface area contributed by atoms with Crippen LogP contribution in [-0.2, 0) is 40.8 Å². The molecule has 0 N–H and O–H groups in total. The van der Waals surface area contributed by atoms with Crippen LogP contribution in [-0.4, -0.2) is 148 Å². The smallest absolute Gasteiger partial charge is 0.426 e. The van der Waals surface area contributed by atoms with Crippen molar-refractivity contribution in [1.29, 1.82) is 0 Å². The van der Waals surface area contributed by atoms with Crippen molar-refractivity contribution in [2.45, 2.75) is 51.4 Å². The molecule has 0 bridgehead atoms. The van der Waals surface area contributed by atoms with Gasteiger partial charge >= 0.3 is 40.8 Å². The van der Waals surface area contributed by atoms with Crippen LogP contribution in [0.4, 0.5) is 0 Å². The molecule has 0 spiro atoms. The van der Waals surface area contributed by atoms with E-state index in [9.17, 15) is 0 Å². The van der Waals surface area contributed by atoms with E-state index in [1.807, 2.05) is 0 Å². The number of rotatable bonds is 0. The van der Waals surface area contributed by atoms with Crippen molar-refractivity contribution in [3.05, 3.63) is 21.3 Å². The Morgan fingerprint density at radius 3 is 0.762 bits per heavy atom. The predicted molar refractivity (Wildman–Crippen MR) is 165 cm³/mol. The summed E-state index contributed by atoms with van der Waals surface area (Å²) < 4.78 is 0. The van der Waals surface area contributed by atoms with Crippen molar-refractivity contribution in [2.75, 3.05) is 105 Å². The van der Waals surface area contributed by atoms with E-state index in [4.69, 9.17) is 0 Å². The van der Waals surface area contributed by atoms with Crippen LogP contribution in [0.3, 0.4) is 0 Å². The van der Waals surface area contributed by atoms with Gasteiger partial charge in [-0.1, -0.05) is 0 Å². The van der Waals surface area contributed by atoms with Crippen molar-refractivity contribution in [2.24, 2.45) is 20.0 Å². The van der Waals surface area contributed by atoms with Gasteiger partial charge in [-0.15, -0.1) is 0 Å². The quantitative estimate of drug-likeness (QED) is 0.352. The van der Waals surface area contributed by atoms with Gasteiger partial charge < -0.3 is 60.8 Å². The molecule has 8 aliphatic heterocycles. The zero-order valence-electron chi connectivity index (χ0n) is 25.0. The second-order valence-electron chi connectivity index (χ2n) is 11.0. The Morgan fingerprint density at radius 1 is 0.333 bits per heavy atom. The van der Waals surface area contributed by atoms with Gasteiger partial charge in [-0.2, -0.15) is 0 Å². The third-order valence-electron chi connectivity index (χ3n) is 7.85. The molecule has 0 aromatic carbocycles. The molecule has 0 aliphatic carbocycles. The van der Waals surface area contributed by atoms with Crippen LogP contribution in [0.15, 0.2) is 20.0 Å². The predicted octanol–water partition coefficient (Wildman–Crippen LogP) is 3.30. The summed E-state index contributed by atoms with van der Waals surface area (Å²) >= 11 is 0. The molecule has 8 aliphatic rings. The van der Waals surface area contributed by atoms with Gasteiger partial charge in [0.05, 0.1) is 0 Å². The first-order chi connectivity index (χ1) is 19.9. The first-order valence-electron chi connectivity index (χ1n) is 15.7. The SMILES string of the molecule is C1CN=C2[N-]CCCN2C1.C1CN=C2[N-]CCCN2C1.C1CN=C2[N-]CCCN2C1.C1CN=C2[N-]CCCN2C1.[Pd+2].[Pd+2]. The monoisotopic (exact) mass is 764 g/mol. The average molecular weight is 766 g/mol. The summed E-state index contributed by atoms with van der Waals surface area (Å²) in [6.07, 6.45) is 9.66. The van der Waals surface area contributed by atoms with E-state index in [0.717, 1.165) is 76.2 Å². The maximum Gasteiger partial charge on any atom is 2.00 e. The zero-order valence-corrected chi connectivity index (χ0v) is 28.1. The minimum absolute atomic E-state index is 0. The Morgan fingerprint density at radius 2 is 0.548 bits per heavy atom. The molecule has 0 saturated carbocycles. The molecule has 0 amide bonds. The van der Waals surface area contributed by atoms with Crippen LogP contribution in [0.2, 0.25) is 0 Å². The topological polar surface area (TPSA) is 119 Å². The summed E-state index contributed by atoms with van der Waals surface area (Å²) in [4.78, 5) is 26.4. The molecule has 8 heterocycles.